The summed E-state index contributed by atoms with van der Waals surface area (Å²) in [5.74, 6) is 0.0534. The molecule has 0 aliphatic heterocycles. The zero-order valence-corrected chi connectivity index (χ0v) is 12.9. The molecule has 6 nitrogen and oxygen atoms in total. The van der Waals surface area contributed by atoms with Gasteiger partial charge in [0.15, 0.2) is 5.84 Å². The Balaban J connectivity index is 2.89. The number of carbonyl (C=O) groups is 1. The first-order valence-corrected chi connectivity index (χ1v) is 7.32. The number of oxime groups is 1. The Morgan fingerprint density at radius 1 is 1.15 bits per heavy atom. The Morgan fingerprint density at radius 2 is 1.70 bits per heavy atom. The third kappa shape index (κ3) is 3.85. The number of nitrogens with two attached hydrogens (primary N) is 1. The number of amides is 1. The maximum atomic E-state index is 12.8. The molecule has 1 aliphatic carbocycles. The first kappa shape index (κ1) is 16.8. The van der Waals surface area contributed by atoms with Gasteiger partial charge in [0, 0.05) is 20.1 Å². The van der Waals surface area contributed by atoms with Gasteiger partial charge >= 0.3 is 0 Å². The van der Waals surface area contributed by atoms with Crippen molar-refractivity contribution >= 4 is 11.7 Å². The van der Waals surface area contributed by atoms with E-state index >= 15 is 0 Å². The first-order chi connectivity index (χ1) is 9.44. The maximum Gasteiger partial charge on any atom is 0.236 e. The molecule has 0 heterocycles. The van der Waals surface area contributed by atoms with Crippen molar-refractivity contribution in [1.82, 2.24) is 9.80 Å². The third-order valence-corrected chi connectivity index (χ3v) is 4.19. The van der Waals surface area contributed by atoms with Gasteiger partial charge in [-0.15, -0.1) is 0 Å². The lowest BCUT2D eigenvalue weighted by Crippen LogP contribution is -2.51. The lowest BCUT2D eigenvalue weighted by molar-refractivity contribution is -0.137. The Morgan fingerprint density at radius 3 is 2.15 bits per heavy atom. The lowest BCUT2D eigenvalue weighted by atomic mass is 9.77. The zero-order chi connectivity index (χ0) is 15.2. The van der Waals surface area contributed by atoms with Crippen molar-refractivity contribution in [2.24, 2.45) is 16.3 Å². The zero-order valence-electron chi connectivity index (χ0n) is 12.9. The summed E-state index contributed by atoms with van der Waals surface area (Å²) in [6.07, 6.45) is 5.46. The Bertz CT molecular complexity index is 347. The van der Waals surface area contributed by atoms with Crippen LogP contribution in [0.1, 0.15) is 38.5 Å². The van der Waals surface area contributed by atoms with Crippen LogP contribution in [0.25, 0.3) is 0 Å². The van der Waals surface area contributed by atoms with Crippen LogP contribution in [0.5, 0.6) is 0 Å². The molecule has 0 bridgehead atoms. The quantitative estimate of drug-likeness (QED) is 0.260. The molecule has 1 saturated carbocycles. The molecule has 0 unspecified atom stereocenters. The molecule has 1 amide bonds. The number of amidine groups is 1. The van der Waals surface area contributed by atoms with Crippen molar-refractivity contribution in [3.05, 3.63) is 0 Å². The van der Waals surface area contributed by atoms with Crippen molar-refractivity contribution < 1.29 is 10.0 Å². The van der Waals surface area contributed by atoms with E-state index in [-0.39, 0.29) is 11.7 Å². The van der Waals surface area contributed by atoms with Gasteiger partial charge in [-0.2, -0.15) is 0 Å². The van der Waals surface area contributed by atoms with Crippen LogP contribution < -0.4 is 5.73 Å². The van der Waals surface area contributed by atoms with Crippen LogP contribution in [0, 0.1) is 5.41 Å². The minimum Gasteiger partial charge on any atom is -0.409 e. The highest BCUT2D eigenvalue weighted by Gasteiger charge is 2.44. The average Bonchev–Trinajstić information content (AvgIpc) is 2.69. The summed E-state index contributed by atoms with van der Waals surface area (Å²) in [7, 11) is 5.75. The SMILES string of the molecule is CN(C)CCN(C)C(=O)C1(C(N)=NO)CCCCCC1. The first-order valence-electron chi connectivity index (χ1n) is 7.32. The fourth-order valence-electron chi connectivity index (χ4n) is 2.82. The summed E-state index contributed by atoms with van der Waals surface area (Å²) in [5, 5.41) is 12.2. The number of carbonyl (C=O) groups excluding carboxylic acids is 1. The molecule has 1 rings (SSSR count). The predicted molar refractivity (Wildman–Crippen MR) is 79.7 cm³/mol. The normalized spacial score (nSPS) is 19.7. The second-order valence-electron chi connectivity index (χ2n) is 6.01. The Labute approximate surface area is 121 Å². The van der Waals surface area contributed by atoms with E-state index in [0.717, 1.165) is 32.2 Å². The van der Waals surface area contributed by atoms with E-state index in [1.165, 1.54) is 0 Å². The standard InChI is InChI=1S/C14H28N4O2/c1-17(2)10-11-18(3)13(19)14(12(15)16-20)8-6-4-5-7-9-14/h20H,4-11H2,1-3H3,(H2,15,16). The summed E-state index contributed by atoms with van der Waals surface area (Å²) < 4.78 is 0. The van der Waals surface area contributed by atoms with Gasteiger partial charge in [-0.3, -0.25) is 4.79 Å². The molecule has 0 aromatic heterocycles. The van der Waals surface area contributed by atoms with E-state index < -0.39 is 5.41 Å². The number of likely N-dealkylation sites (N-methyl/N-ethyl adjacent to an activating group) is 2. The number of hydrogen-bond acceptors (Lipinski definition) is 4. The molecule has 1 aliphatic rings. The van der Waals surface area contributed by atoms with Crippen LogP contribution in [0.2, 0.25) is 0 Å². The van der Waals surface area contributed by atoms with Gasteiger partial charge in [0.05, 0.1) is 0 Å². The number of rotatable bonds is 5. The molecule has 0 aromatic carbocycles. The number of hydrogen-bond donors (Lipinski definition) is 2. The lowest BCUT2D eigenvalue weighted by Gasteiger charge is -2.34. The highest BCUT2D eigenvalue weighted by molar-refractivity contribution is 6.06. The molecule has 0 aromatic rings. The third-order valence-electron chi connectivity index (χ3n) is 4.19. The number of nitrogens with zero attached hydrogens (tertiary/aromatic N) is 3. The summed E-state index contributed by atoms with van der Waals surface area (Å²) >= 11 is 0. The molecular weight excluding hydrogens is 256 g/mol. The molecule has 1 fully saturated rings. The van der Waals surface area contributed by atoms with Crippen LogP contribution in [0.4, 0.5) is 0 Å². The van der Waals surface area contributed by atoms with Gasteiger partial charge in [0.2, 0.25) is 5.91 Å². The second kappa shape index (κ2) is 7.47. The smallest absolute Gasteiger partial charge is 0.236 e. The van der Waals surface area contributed by atoms with Crippen LogP contribution >= 0.6 is 0 Å². The van der Waals surface area contributed by atoms with Crippen molar-refractivity contribution in [2.75, 3.05) is 34.2 Å². The van der Waals surface area contributed by atoms with Crippen LogP contribution in [0.15, 0.2) is 5.16 Å². The van der Waals surface area contributed by atoms with Crippen molar-refractivity contribution in [3.8, 4) is 0 Å². The molecule has 6 heteroatoms. The molecule has 0 spiro atoms. The van der Waals surface area contributed by atoms with Gasteiger partial charge in [-0.1, -0.05) is 30.8 Å². The monoisotopic (exact) mass is 284 g/mol. The topological polar surface area (TPSA) is 82.2 Å². The van der Waals surface area contributed by atoms with E-state index in [1.807, 2.05) is 19.0 Å². The minimum atomic E-state index is -0.813. The molecule has 20 heavy (non-hydrogen) atoms. The van der Waals surface area contributed by atoms with Crippen molar-refractivity contribution in [1.29, 1.82) is 0 Å². The maximum absolute atomic E-state index is 12.8. The van der Waals surface area contributed by atoms with Gasteiger partial charge < -0.3 is 20.7 Å². The molecule has 3 N–H and O–H groups in total. The Hall–Kier alpha value is -1.30. The molecule has 0 saturated heterocycles. The van der Waals surface area contributed by atoms with E-state index in [2.05, 4.69) is 5.16 Å². The summed E-state index contributed by atoms with van der Waals surface area (Å²) in [6.45, 7) is 1.45. The average molecular weight is 284 g/mol. The molecule has 116 valence electrons. The van der Waals surface area contributed by atoms with Crippen molar-refractivity contribution in [2.45, 2.75) is 38.5 Å². The van der Waals surface area contributed by atoms with Crippen LogP contribution in [-0.4, -0.2) is 61.0 Å². The summed E-state index contributed by atoms with van der Waals surface area (Å²) in [6, 6.07) is 0. The molecule has 0 atom stereocenters. The van der Waals surface area contributed by atoms with Gasteiger partial charge in [-0.25, -0.2) is 0 Å². The fraction of sp³-hybridized carbons (Fsp3) is 0.857. The van der Waals surface area contributed by atoms with Crippen molar-refractivity contribution in [3.63, 3.8) is 0 Å². The van der Waals surface area contributed by atoms with Gasteiger partial charge in [0.1, 0.15) is 5.41 Å². The second-order valence-corrected chi connectivity index (χ2v) is 6.01. The summed E-state index contributed by atoms with van der Waals surface area (Å²) in [4.78, 5) is 16.6. The Kier molecular flexibility index (Phi) is 6.26. The largest absolute Gasteiger partial charge is 0.409 e. The molecule has 0 radical (unpaired) electrons. The van der Waals surface area contributed by atoms with E-state index in [9.17, 15) is 4.79 Å². The molecular formula is C14H28N4O2. The minimum absolute atomic E-state index is 0.0171. The van der Waals surface area contributed by atoms with E-state index in [1.54, 1.807) is 11.9 Å². The van der Waals surface area contributed by atoms with E-state index in [0.29, 0.717) is 19.4 Å². The van der Waals surface area contributed by atoms with Crippen LogP contribution in [0.3, 0.4) is 0 Å². The highest BCUT2D eigenvalue weighted by atomic mass is 16.4. The van der Waals surface area contributed by atoms with Gasteiger partial charge in [0.25, 0.3) is 0 Å². The summed E-state index contributed by atoms with van der Waals surface area (Å²) in [5.41, 5.74) is 5.08. The predicted octanol–water partition coefficient (Wildman–Crippen LogP) is 1.09. The highest BCUT2D eigenvalue weighted by Crippen LogP contribution is 2.37. The van der Waals surface area contributed by atoms with Crippen LogP contribution in [-0.2, 0) is 4.79 Å². The van der Waals surface area contributed by atoms with E-state index in [4.69, 9.17) is 10.9 Å². The van der Waals surface area contributed by atoms with Gasteiger partial charge in [-0.05, 0) is 26.9 Å². The fourth-order valence-corrected chi connectivity index (χ4v) is 2.82.